The van der Waals surface area contributed by atoms with Crippen molar-refractivity contribution >= 4 is 10.9 Å². The molecular weight excluding hydrogens is 260 g/mol. The Balaban J connectivity index is 1.82. The molecule has 0 amide bonds. The highest BCUT2D eigenvalue weighted by Crippen LogP contribution is 2.18. The van der Waals surface area contributed by atoms with Crippen molar-refractivity contribution in [2.24, 2.45) is 0 Å². The molecule has 2 heterocycles. The van der Waals surface area contributed by atoms with E-state index >= 15 is 0 Å². The average molecular weight is 280 g/mol. The van der Waals surface area contributed by atoms with Crippen LogP contribution in [0.15, 0.2) is 48.9 Å². The van der Waals surface area contributed by atoms with E-state index < -0.39 is 0 Å². The summed E-state index contributed by atoms with van der Waals surface area (Å²) in [6.07, 6.45) is 5.66. The SMILES string of the molecule is CC(C)NCc1ccc2c(ccn2Cc2ncccn2)c1. The summed E-state index contributed by atoms with van der Waals surface area (Å²) in [4.78, 5) is 8.57. The summed E-state index contributed by atoms with van der Waals surface area (Å²) in [7, 11) is 0. The van der Waals surface area contributed by atoms with Crippen molar-refractivity contribution in [1.29, 1.82) is 0 Å². The van der Waals surface area contributed by atoms with Crippen molar-refractivity contribution in [3.63, 3.8) is 0 Å². The molecule has 0 radical (unpaired) electrons. The quantitative estimate of drug-likeness (QED) is 0.781. The van der Waals surface area contributed by atoms with E-state index in [1.54, 1.807) is 12.4 Å². The van der Waals surface area contributed by atoms with Gasteiger partial charge < -0.3 is 9.88 Å². The lowest BCUT2D eigenvalue weighted by atomic mass is 10.1. The van der Waals surface area contributed by atoms with Crippen LogP contribution in [0.4, 0.5) is 0 Å². The van der Waals surface area contributed by atoms with Gasteiger partial charge in [-0.2, -0.15) is 0 Å². The first kappa shape index (κ1) is 13.8. The van der Waals surface area contributed by atoms with Crippen LogP contribution in [0, 0.1) is 0 Å². The third-order valence-electron chi connectivity index (χ3n) is 3.48. The maximum Gasteiger partial charge on any atom is 0.147 e. The molecule has 3 rings (SSSR count). The molecule has 0 saturated carbocycles. The van der Waals surface area contributed by atoms with Crippen molar-refractivity contribution in [3.05, 3.63) is 60.3 Å². The van der Waals surface area contributed by atoms with Crippen molar-refractivity contribution in [2.75, 3.05) is 0 Å². The third-order valence-corrected chi connectivity index (χ3v) is 3.48. The molecule has 0 atom stereocenters. The molecule has 0 aliphatic carbocycles. The summed E-state index contributed by atoms with van der Waals surface area (Å²) in [6.45, 7) is 5.93. The van der Waals surface area contributed by atoms with Gasteiger partial charge in [-0.05, 0) is 35.2 Å². The predicted octanol–water partition coefficient (Wildman–Crippen LogP) is 2.98. The fraction of sp³-hybridized carbons (Fsp3) is 0.294. The van der Waals surface area contributed by atoms with Crippen LogP contribution in [0.2, 0.25) is 0 Å². The van der Waals surface area contributed by atoms with Crippen molar-refractivity contribution in [1.82, 2.24) is 19.9 Å². The smallest absolute Gasteiger partial charge is 0.147 e. The largest absolute Gasteiger partial charge is 0.340 e. The van der Waals surface area contributed by atoms with Crippen LogP contribution in [-0.4, -0.2) is 20.6 Å². The minimum atomic E-state index is 0.500. The molecule has 4 heteroatoms. The van der Waals surface area contributed by atoms with Gasteiger partial charge in [-0.1, -0.05) is 19.9 Å². The number of nitrogens with zero attached hydrogens (tertiary/aromatic N) is 3. The molecule has 1 aromatic carbocycles. The Morgan fingerprint density at radius 2 is 1.95 bits per heavy atom. The zero-order valence-corrected chi connectivity index (χ0v) is 12.5. The molecular formula is C17H20N4. The predicted molar refractivity (Wildman–Crippen MR) is 85.0 cm³/mol. The van der Waals surface area contributed by atoms with E-state index in [0.717, 1.165) is 12.4 Å². The summed E-state index contributed by atoms with van der Waals surface area (Å²) in [6, 6.07) is 11.1. The van der Waals surface area contributed by atoms with Gasteiger partial charge in [-0.3, -0.25) is 0 Å². The summed E-state index contributed by atoms with van der Waals surface area (Å²) in [5.74, 6) is 0.834. The highest BCUT2D eigenvalue weighted by Gasteiger charge is 2.04. The molecule has 3 aromatic rings. The first-order valence-electron chi connectivity index (χ1n) is 7.29. The van der Waals surface area contributed by atoms with Crippen LogP contribution >= 0.6 is 0 Å². The summed E-state index contributed by atoms with van der Waals surface area (Å²) in [5.41, 5.74) is 2.53. The second kappa shape index (κ2) is 6.06. The molecule has 0 aliphatic heterocycles. The van der Waals surface area contributed by atoms with Gasteiger partial charge in [0.1, 0.15) is 5.82 Å². The van der Waals surface area contributed by atoms with Crippen LogP contribution in [0.5, 0.6) is 0 Å². The molecule has 2 aromatic heterocycles. The highest BCUT2D eigenvalue weighted by atomic mass is 15.0. The molecule has 0 saturated heterocycles. The molecule has 0 fully saturated rings. The zero-order valence-electron chi connectivity index (χ0n) is 12.5. The van der Waals surface area contributed by atoms with Gasteiger partial charge in [0, 0.05) is 36.7 Å². The Morgan fingerprint density at radius 1 is 1.14 bits per heavy atom. The first-order chi connectivity index (χ1) is 10.2. The fourth-order valence-electron chi connectivity index (χ4n) is 2.38. The van der Waals surface area contributed by atoms with E-state index in [-0.39, 0.29) is 0 Å². The van der Waals surface area contributed by atoms with Crippen LogP contribution < -0.4 is 5.32 Å². The fourth-order valence-corrected chi connectivity index (χ4v) is 2.38. The van der Waals surface area contributed by atoms with Gasteiger partial charge in [0.25, 0.3) is 0 Å². The van der Waals surface area contributed by atoms with Gasteiger partial charge in [0.2, 0.25) is 0 Å². The lowest BCUT2D eigenvalue weighted by Crippen LogP contribution is -2.21. The second-order valence-corrected chi connectivity index (χ2v) is 5.54. The first-order valence-corrected chi connectivity index (χ1v) is 7.29. The Morgan fingerprint density at radius 3 is 2.71 bits per heavy atom. The van der Waals surface area contributed by atoms with E-state index in [9.17, 15) is 0 Å². The van der Waals surface area contributed by atoms with Gasteiger partial charge in [0.05, 0.1) is 6.54 Å². The van der Waals surface area contributed by atoms with Gasteiger partial charge in [0.15, 0.2) is 0 Å². The van der Waals surface area contributed by atoms with E-state index in [0.29, 0.717) is 12.6 Å². The number of rotatable bonds is 5. The summed E-state index contributed by atoms with van der Waals surface area (Å²) >= 11 is 0. The number of hydrogen-bond acceptors (Lipinski definition) is 3. The highest BCUT2D eigenvalue weighted by molar-refractivity contribution is 5.80. The maximum absolute atomic E-state index is 4.28. The second-order valence-electron chi connectivity index (χ2n) is 5.54. The number of nitrogens with one attached hydrogen (secondary N) is 1. The van der Waals surface area contributed by atoms with E-state index in [4.69, 9.17) is 0 Å². The van der Waals surface area contributed by atoms with Crippen molar-refractivity contribution in [2.45, 2.75) is 33.0 Å². The average Bonchev–Trinajstić information content (AvgIpc) is 2.89. The number of aromatic nitrogens is 3. The standard InChI is InChI=1S/C17H20N4/c1-13(2)20-11-14-4-5-16-15(10-14)6-9-21(16)12-17-18-7-3-8-19-17/h3-10,13,20H,11-12H2,1-2H3. The molecule has 4 nitrogen and oxygen atoms in total. The lowest BCUT2D eigenvalue weighted by Gasteiger charge is -2.09. The Bertz CT molecular complexity index is 716. The maximum atomic E-state index is 4.28. The number of benzene rings is 1. The molecule has 108 valence electrons. The summed E-state index contributed by atoms with van der Waals surface area (Å²) in [5, 5.41) is 4.70. The van der Waals surface area contributed by atoms with Gasteiger partial charge in [-0.25, -0.2) is 9.97 Å². The number of hydrogen-bond donors (Lipinski definition) is 1. The van der Waals surface area contributed by atoms with Crippen LogP contribution in [-0.2, 0) is 13.1 Å². The molecule has 0 aliphatic rings. The van der Waals surface area contributed by atoms with Gasteiger partial charge >= 0.3 is 0 Å². The molecule has 21 heavy (non-hydrogen) atoms. The van der Waals surface area contributed by atoms with Crippen molar-refractivity contribution < 1.29 is 0 Å². The van der Waals surface area contributed by atoms with Gasteiger partial charge in [-0.15, -0.1) is 0 Å². The third kappa shape index (κ3) is 3.28. The monoisotopic (exact) mass is 280 g/mol. The number of fused-ring (bicyclic) bond motifs is 1. The van der Waals surface area contributed by atoms with E-state index in [2.05, 4.69) is 64.2 Å². The van der Waals surface area contributed by atoms with Crippen LogP contribution in [0.25, 0.3) is 10.9 Å². The molecule has 1 N–H and O–H groups in total. The molecule has 0 bridgehead atoms. The Kier molecular flexibility index (Phi) is 3.97. The molecule has 0 spiro atoms. The summed E-state index contributed by atoms with van der Waals surface area (Å²) < 4.78 is 2.18. The zero-order chi connectivity index (χ0) is 14.7. The minimum absolute atomic E-state index is 0.500. The Labute approximate surface area is 124 Å². The van der Waals surface area contributed by atoms with Crippen LogP contribution in [0.3, 0.4) is 0 Å². The van der Waals surface area contributed by atoms with E-state index in [1.807, 2.05) is 6.07 Å². The minimum Gasteiger partial charge on any atom is -0.340 e. The van der Waals surface area contributed by atoms with E-state index in [1.165, 1.54) is 16.5 Å². The normalized spacial score (nSPS) is 11.4. The lowest BCUT2D eigenvalue weighted by molar-refractivity contribution is 0.589. The Hall–Kier alpha value is -2.20. The topological polar surface area (TPSA) is 42.7 Å². The van der Waals surface area contributed by atoms with Crippen LogP contribution in [0.1, 0.15) is 25.2 Å². The molecule has 0 unspecified atom stereocenters. The van der Waals surface area contributed by atoms with Crippen molar-refractivity contribution in [3.8, 4) is 0 Å².